The molecule has 0 N–H and O–H groups in total. The van der Waals surface area contributed by atoms with Crippen LogP contribution < -0.4 is 0 Å². The van der Waals surface area contributed by atoms with E-state index in [2.05, 4.69) is 10.1 Å². The maximum absolute atomic E-state index is 13.5. The van der Waals surface area contributed by atoms with E-state index < -0.39 is 0 Å². The van der Waals surface area contributed by atoms with Gasteiger partial charge in [0.2, 0.25) is 5.91 Å². The molecule has 0 bridgehead atoms. The first-order chi connectivity index (χ1) is 13.9. The van der Waals surface area contributed by atoms with Crippen LogP contribution in [0.4, 0.5) is 0 Å². The Kier molecular flexibility index (Phi) is 5.05. The van der Waals surface area contributed by atoms with Gasteiger partial charge in [-0.3, -0.25) is 9.59 Å². The number of hydrogen-bond donors (Lipinski definition) is 0. The van der Waals surface area contributed by atoms with Crippen LogP contribution in [0.25, 0.3) is 22.4 Å². The van der Waals surface area contributed by atoms with Gasteiger partial charge in [-0.2, -0.15) is 0 Å². The SMILES string of the molecule is CC(=O)N1CCCN(C(=O)c2cc(-c3ccc(C)cc3)nc3onc(C)c23)CC1. The summed E-state index contributed by atoms with van der Waals surface area (Å²) in [5.74, 6) is -0.0374. The predicted octanol–water partition coefficient (Wildman–Crippen LogP) is 3.20. The first-order valence-electron chi connectivity index (χ1n) is 9.83. The molecule has 0 aliphatic carbocycles. The van der Waals surface area contributed by atoms with Crippen molar-refractivity contribution in [1.29, 1.82) is 0 Å². The van der Waals surface area contributed by atoms with Gasteiger partial charge in [0.05, 0.1) is 22.3 Å². The average molecular weight is 392 g/mol. The molecular formula is C22H24N4O3. The standard InChI is InChI=1S/C22H24N4O3/c1-14-5-7-17(8-6-14)19-13-18(20-15(2)24-29-21(20)23-19)22(28)26-10-4-9-25(11-12-26)16(3)27/h5-8,13H,4,9-12H2,1-3H3. The molecule has 2 aromatic heterocycles. The van der Waals surface area contributed by atoms with E-state index in [-0.39, 0.29) is 11.8 Å². The van der Waals surface area contributed by atoms with E-state index >= 15 is 0 Å². The van der Waals surface area contributed by atoms with Crippen LogP contribution in [0.2, 0.25) is 0 Å². The molecule has 3 aromatic rings. The minimum atomic E-state index is -0.0811. The van der Waals surface area contributed by atoms with Crippen LogP contribution in [0.3, 0.4) is 0 Å². The number of rotatable bonds is 2. The van der Waals surface area contributed by atoms with E-state index in [9.17, 15) is 9.59 Å². The molecular weight excluding hydrogens is 368 g/mol. The van der Waals surface area contributed by atoms with Crippen LogP contribution in [-0.2, 0) is 4.79 Å². The lowest BCUT2D eigenvalue weighted by molar-refractivity contribution is -0.128. The van der Waals surface area contributed by atoms with Gasteiger partial charge in [-0.05, 0) is 26.3 Å². The van der Waals surface area contributed by atoms with Crippen LogP contribution in [0.15, 0.2) is 34.9 Å². The molecule has 1 aliphatic heterocycles. The van der Waals surface area contributed by atoms with Crippen molar-refractivity contribution in [2.24, 2.45) is 0 Å². The second kappa shape index (κ2) is 7.66. The van der Waals surface area contributed by atoms with Gasteiger partial charge < -0.3 is 14.3 Å². The Hall–Kier alpha value is -3.22. The summed E-state index contributed by atoms with van der Waals surface area (Å²) in [4.78, 5) is 33.3. The Bertz CT molecular complexity index is 1070. The summed E-state index contributed by atoms with van der Waals surface area (Å²) in [5.41, 5.74) is 4.30. The van der Waals surface area contributed by atoms with Gasteiger partial charge in [0.15, 0.2) is 0 Å². The molecule has 0 radical (unpaired) electrons. The summed E-state index contributed by atoms with van der Waals surface area (Å²) in [6, 6.07) is 9.82. The Morgan fingerprint density at radius 2 is 1.69 bits per heavy atom. The molecule has 1 saturated heterocycles. The summed E-state index contributed by atoms with van der Waals surface area (Å²) in [6.45, 7) is 7.74. The number of aryl methyl sites for hydroxylation is 2. The topological polar surface area (TPSA) is 79.5 Å². The van der Waals surface area contributed by atoms with E-state index in [0.717, 1.165) is 17.5 Å². The van der Waals surface area contributed by atoms with Crippen molar-refractivity contribution in [3.8, 4) is 11.3 Å². The maximum Gasteiger partial charge on any atom is 0.259 e. The lowest BCUT2D eigenvalue weighted by Crippen LogP contribution is -2.36. The van der Waals surface area contributed by atoms with E-state index in [1.165, 1.54) is 0 Å². The van der Waals surface area contributed by atoms with E-state index in [4.69, 9.17) is 4.52 Å². The number of aromatic nitrogens is 2. The zero-order valence-corrected chi connectivity index (χ0v) is 16.9. The highest BCUT2D eigenvalue weighted by atomic mass is 16.5. The first-order valence-corrected chi connectivity index (χ1v) is 9.83. The van der Waals surface area contributed by atoms with Gasteiger partial charge in [0, 0.05) is 38.7 Å². The molecule has 0 unspecified atom stereocenters. The number of hydrogen-bond acceptors (Lipinski definition) is 5. The molecule has 1 fully saturated rings. The average Bonchev–Trinajstić information content (AvgIpc) is 2.92. The third kappa shape index (κ3) is 3.72. The summed E-state index contributed by atoms with van der Waals surface area (Å²) in [7, 11) is 0. The highest BCUT2D eigenvalue weighted by molar-refractivity contribution is 6.07. The molecule has 150 valence electrons. The van der Waals surface area contributed by atoms with Gasteiger partial charge in [-0.1, -0.05) is 35.0 Å². The molecule has 0 spiro atoms. The second-order valence-corrected chi connectivity index (χ2v) is 7.52. The highest BCUT2D eigenvalue weighted by Crippen LogP contribution is 2.28. The highest BCUT2D eigenvalue weighted by Gasteiger charge is 2.25. The quantitative estimate of drug-likeness (QED) is 0.669. The number of benzene rings is 1. The van der Waals surface area contributed by atoms with Crippen LogP contribution >= 0.6 is 0 Å². The largest absolute Gasteiger partial charge is 0.341 e. The van der Waals surface area contributed by atoms with Gasteiger partial charge >= 0.3 is 0 Å². The van der Waals surface area contributed by atoms with Crippen molar-refractivity contribution in [3.63, 3.8) is 0 Å². The van der Waals surface area contributed by atoms with Gasteiger partial charge in [-0.15, -0.1) is 0 Å². The molecule has 2 amide bonds. The Balaban J connectivity index is 1.73. The second-order valence-electron chi connectivity index (χ2n) is 7.52. The Morgan fingerprint density at radius 1 is 1.00 bits per heavy atom. The number of pyridine rings is 1. The fourth-order valence-electron chi connectivity index (χ4n) is 3.74. The van der Waals surface area contributed by atoms with Crippen molar-refractivity contribution in [2.45, 2.75) is 27.2 Å². The summed E-state index contributed by atoms with van der Waals surface area (Å²) in [5, 5.41) is 4.68. The molecule has 0 atom stereocenters. The fourth-order valence-corrected chi connectivity index (χ4v) is 3.74. The van der Waals surface area contributed by atoms with Crippen LogP contribution in [0, 0.1) is 13.8 Å². The summed E-state index contributed by atoms with van der Waals surface area (Å²) < 4.78 is 5.40. The molecule has 1 aromatic carbocycles. The lowest BCUT2D eigenvalue weighted by Gasteiger charge is -2.22. The zero-order chi connectivity index (χ0) is 20.5. The summed E-state index contributed by atoms with van der Waals surface area (Å²) >= 11 is 0. The molecule has 4 rings (SSSR count). The molecule has 3 heterocycles. The van der Waals surface area contributed by atoms with Gasteiger partial charge in [0.25, 0.3) is 11.6 Å². The zero-order valence-electron chi connectivity index (χ0n) is 16.9. The lowest BCUT2D eigenvalue weighted by atomic mass is 10.0. The van der Waals surface area contributed by atoms with Crippen molar-refractivity contribution < 1.29 is 14.1 Å². The van der Waals surface area contributed by atoms with E-state index in [0.29, 0.717) is 54.2 Å². The molecule has 0 saturated carbocycles. The van der Waals surface area contributed by atoms with Crippen LogP contribution in [0.5, 0.6) is 0 Å². The van der Waals surface area contributed by atoms with Crippen molar-refractivity contribution in [3.05, 3.63) is 47.2 Å². The third-order valence-corrected chi connectivity index (χ3v) is 5.42. The predicted molar refractivity (Wildman–Crippen MR) is 109 cm³/mol. The number of nitrogens with zero attached hydrogens (tertiary/aromatic N) is 4. The Morgan fingerprint density at radius 3 is 2.41 bits per heavy atom. The van der Waals surface area contributed by atoms with Crippen molar-refractivity contribution in [1.82, 2.24) is 19.9 Å². The van der Waals surface area contributed by atoms with Crippen LogP contribution in [-0.4, -0.2) is 57.9 Å². The van der Waals surface area contributed by atoms with E-state index in [1.807, 2.05) is 49.1 Å². The maximum atomic E-state index is 13.5. The summed E-state index contributed by atoms with van der Waals surface area (Å²) in [6.07, 6.45) is 0.757. The number of carbonyl (C=O) groups excluding carboxylic acids is 2. The van der Waals surface area contributed by atoms with Gasteiger partial charge in [-0.25, -0.2) is 4.98 Å². The molecule has 7 nitrogen and oxygen atoms in total. The monoisotopic (exact) mass is 392 g/mol. The van der Waals surface area contributed by atoms with Crippen LogP contribution in [0.1, 0.15) is 35.0 Å². The molecule has 7 heteroatoms. The molecule has 29 heavy (non-hydrogen) atoms. The molecule has 1 aliphatic rings. The minimum absolute atomic E-state index is 0.0436. The number of amides is 2. The third-order valence-electron chi connectivity index (χ3n) is 5.42. The fraction of sp³-hybridized carbons (Fsp3) is 0.364. The number of fused-ring (bicyclic) bond motifs is 1. The Labute approximate surface area is 169 Å². The van der Waals surface area contributed by atoms with E-state index in [1.54, 1.807) is 11.8 Å². The van der Waals surface area contributed by atoms with Crippen molar-refractivity contribution >= 4 is 22.9 Å². The first kappa shape index (κ1) is 19.1. The smallest absolute Gasteiger partial charge is 0.259 e. The minimum Gasteiger partial charge on any atom is -0.341 e. The normalized spacial score (nSPS) is 14.9. The van der Waals surface area contributed by atoms with Crippen molar-refractivity contribution in [2.75, 3.05) is 26.2 Å². The van der Waals surface area contributed by atoms with Gasteiger partial charge in [0.1, 0.15) is 0 Å². The number of carbonyl (C=O) groups is 2.